The normalized spacial score (nSPS) is 15.0. The molecule has 1 aliphatic heterocycles. The molecule has 1 aliphatic rings. The van der Waals surface area contributed by atoms with E-state index in [-0.39, 0.29) is 17.7 Å². The van der Waals surface area contributed by atoms with E-state index in [1.165, 1.54) is 0 Å². The van der Waals surface area contributed by atoms with Crippen LogP contribution in [0.25, 0.3) is 0 Å². The number of thiophene rings is 1. The van der Waals surface area contributed by atoms with Crippen molar-refractivity contribution in [3.8, 4) is 5.75 Å². The molecule has 1 saturated heterocycles. The van der Waals surface area contributed by atoms with Gasteiger partial charge in [0.1, 0.15) is 5.75 Å². The zero-order valence-corrected chi connectivity index (χ0v) is 15.1. The van der Waals surface area contributed by atoms with E-state index < -0.39 is 0 Å². The molecule has 2 heterocycles. The Morgan fingerprint density at radius 3 is 2.64 bits per heavy atom. The number of nitrogens with zero attached hydrogens (tertiary/aromatic N) is 1. The summed E-state index contributed by atoms with van der Waals surface area (Å²) in [6.07, 6.45) is 1.84. The van der Waals surface area contributed by atoms with Crippen LogP contribution >= 0.6 is 11.3 Å². The highest BCUT2D eigenvalue weighted by Crippen LogP contribution is 2.26. The summed E-state index contributed by atoms with van der Waals surface area (Å²) in [4.78, 5) is 27.8. The van der Waals surface area contributed by atoms with Crippen LogP contribution in [0.15, 0.2) is 41.8 Å². The summed E-state index contributed by atoms with van der Waals surface area (Å²) in [5.41, 5.74) is 0.686. The van der Waals surface area contributed by atoms with Gasteiger partial charge in [-0.15, -0.1) is 11.3 Å². The molecule has 132 valence electrons. The smallest absolute Gasteiger partial charge is 0.227 e. The Morgan fingerprint density at radius 2 is 1.96 bits per heavy atom. The zero-order valence-electron chi connectivity index (χ0n) is 14.2. The molecule has 0 radical (unpaired) electrons. The maximum Gasteiger partial charge on any atom is 0.227 e. The van der Waals surface area contributed by atoms with E-state index in [4.69, 9.17) is 4.74 Å². The fourth-order valence-electron chi connectivity index (χ4n) is 3.05. The molecule has 6 heteroatoms. The largest absolute Gasteiger partial charge is 0.495 e. The second-order valence-electron chi connectivity index (χ2n) is 6.10. The molecule has 1 aromatic heterocycles. The van der Waals surface area contributed by atoms with Crippen LogP contribution in [0.3, 0.4) is 0 Å². The van der Waals surface area contributed by atoms with Crippen LogP contribution in [-0.4, -0.2) is 36.9 Å². The van der Waals surface area contributed by atoms with E-state index in [1.54, 1.807) is 18.4 Å². The van der Waals surface area contributed by atoms with E-state index in [2.05, 4.69) is 5.32 Å². The van der Waals surface area contributed by atoms with E-state index in [0.717, 1.165) is 4.88 Å². The second-order valence-corrected chi connectivity index (χ2v) is 7.13. The van der Waals surface area contributed by atoms with Crippen molar-refractivity contribution in [3.63, 3.8) is 0 Å². The first-order chi connectivity index (χ1) is 12.2. The molecule has 1 fully saturated rings. The lowest BCUT2D eigenvalue weighted by Gasteiger charge is -2.31. The Hall–Kier alpha value is -2.34. The molecule has 0 unspecified atom stereocenters. The lowest BCUT2D eigenvalue weighted by molar-refractivity contribution is -0.133. The molecule has 25 heavy (non-hydrogen) atoms. The number of carbonyl (C=O) groups excluding carboxylic acids is 2. The fraction of sp³-hybridized carbons (Fsp3) is 0.368. The van der Waals surface area contributed by atoms with Crippen molar-refractivity contribution < 1.29 is 14.3 Å². The molecule has 0 aliphatic carbocycles. The number of para-hydroxylation sites is 2. The maximum absolute atomic E-state index is 12.5. The summed E-state index contributed by atoms with van der Waals surface area (Å²) in [6.45, 7) is 1.27. The third kappa shape index (κ3) is 4.39. The molecule has 0 bridgehead atoms. The van der Waals surface area contributed by atoms with Gasteiger partial charge in [0, 0.05) is 23.9 Å². The lowest BCUT2D eigenvalue weighted by Crippen LogP contribution is -2.42. The van der Waals surface area contributed by atoms with Gasteiger partial charge in [0.25, 0.3) is 0 Å². The molecule has 2 aromatic rings. The summed E-state index contributed by atoms with van der Waals surface area (Å²) in [5, 5.41) is 4.93. The van der Waals surface area contributed by atoms with Crippen LogP contribution in [0.4, 0.5) is 5.69 Å². The number of piperidine rings is 1. The topological polar surface area (TPSA) is 58.6 Å². The molecule has 1 N–H and O–H groups in total. The Bertz CT molecular complexity index is 722. The lowest BCUT2D eigenvalue weighted by atomic mass is 9.95. The second kappa shape index (κ2) is 8.16. The van der Waals surface area contributed by atoms with Crippen LogP contribution in [-0.2, 0) is 16.0 Å². The van der Waals surface area contributed by atoms with Gasteiger partial charge in [-0.1, -0.05) is 18.2 Å². The van der Waals surface area contributed by atoms with Gasteiger partial charge >= 0.3 is 0 Å². The minimum Gasteiger partial charge on any atom is -0.495 e. The Balaban J connectivity index is 1.51. The van der Waals surface area contributed by atoms with Crippen LogP contribution in [0, 0.1) is 5.92 Å². The third-order valence-corrected chi connectivity index (χ3v) is 5.37. The first-order valence-electron chi connectivity index (χ1n) is 8.41. The van der Waals surface area contributed by atoms with Crippen LogP contribution in [0.5, 0.6) is 5.75 Å². The van der Waals surface area contributed by atoms with E-state index >= 15 is 0 Å². The summed E-state index contributed by atoms with van der Waals surface area (Å²) >= 11 is 1.60. The van der Waals surface area contributed by atoms with Crippen LogP contribution in [0.1, 0.15) is 17.7 Å². The highest BCUT2D eigenvalue weighted by molar-refractivity contribution is 7.10. The molecule has 3 rings (SSSR count). The molecule has 0 saturated carbocycles. The number of ether oxygens (including phenoxy) is 1. The summed E-state index contributed by atoms with van der Waals surface area (Å²) in [5.74, 6) is 0.719. The summed E-state index contributed by atoms with van der Waals surface area (Å²) in [6, 6.07) is 11.3. The average molecular weight is 358 g/mol. The Kier molecular flexibility index (Phi) is 5.71. The van der Waals surface area contributed by atoms with Crippen molar-refractivity contribution in [2.24, 2.45) is 5.92 Å². The number of benzene rings is 1. The quantitative estimate of drug-likeness (QED) is 0.893. The molecule has 5 nitrogen and oxygen atoms in total. The minimum absolute atomic E-state index is 0.00476. The number of rotatable bonds is 5. The SMILES string of the molecule is COc1ccccc1NC(=O)C1CCN(C(=O)Cc2cccs2)CC1. The van der Waals surface area contributed by atoms with Gasteiger partial charge in [0.2, 0.25) is 11.8 Å². The summed E-state index contributed by atoms with van der Waals surface area (Å²) in [7, 11) is 1.59. The third-order valence-electron chi connectivity index (χ3n) is 4.49. The van der Waals surface area contributed by atoms with Gasteiger partial charge in [-0.2, -0.15) is 0 Å². The van der Waals surface area contributed by atoms with Crippen molar-refractivity contribution >= 4 is 28.8 Å². The van der Waals surface area contributed by atoms with Crippen molar-refractivity contribution in [1.29, 1.82) is 0 Å². The number of anilines is 1. The maximum atomic E-state index is 12.5. The minimum atomic E-state index is -0.0734. The molecular weight excluding hydrogens is 336 g/mol. The monoisotopic (exact) mass is 358 g/mol. The highest BCUT2D eigenvalue weighted by Gasteiger charge is 2.27. The van der Waals surface area contributed by atoms with Gasteiger partial charge in [0.15, 0.2) is 0 Å². The number of hydrogen-bond donors (Lipinski definition) is 1. The van der Waals surface area contributed by atoms with Crippen molar-refractivity contribution in [1.82, 2.24) is 4.90 Å². The molecule has 2 amide bonds. The Labute approximate surface area is 151 Å². The van der Waals surface area contributed by atoms with E-state index in [1.807, 2.05) is 46.7 Å². The molecular formula is C19H22N2O3S. The van der Waals surface area contributed by atoms with Gasteiger partial charge in [-0.05, 0) is 36.4 Å². The highest BCUT2D eigenvalue weighted by atomic mass is 32.1. The number of methoxy groups -OCH3 is 1. The van der Waals surface area contributed by atoms with Crippen LogP contribution < -0.4 is 10.1 Å². The standard InChI is InChI=1S/C19H22N2O3S/c1-24-17-7-3-2-6-16(17)20-19(23)14-8-10-21(11-9-14)18(22)13-15-5-4-12-25-15/h2-7,12,14H,8-11,13H2,1H3,(H,20,23). The molecule has 0 spiro atoms. The fourth-order valence-corrected chi connectivity index (χ4v) is 3.74. The molecule has 1 aromatic carbocycles. The predicted octanol–water partition coefficient (Wildman–Crippen LogP) is 3.18. The van der Waals surface area contributed by atoms with Crippen molar-refractivity contribution in [3.05, 3.63) is 46.7 Å². The van der Waals surface area contributed by atoms with Gasteiger partial charge in [-0.3, -0.25) is 9.59 Å². The van der Waals surface area contributed by atoms with Gasteiger partial charge in [-0.25, -0.2) is 0 Å². The predicted molar refractivity (Wildman–Crippen MR) is 99.0 cm³/mol. The first-order valence-corrected chi connectivity index (χ1v) is 9.29. The van der Waals surface area contributed by atoms with Gasteiger partial charge in [0.05, 0.1) is 19.2 Å². The number of amides is 2. The van der Waals surface area contributed by atoms with Crippen LogP contribution in [0.2, 0.25) is 0 Å². The number of carbonyl (C=O) groups is 2. The van der Waals surface area contributed by atoms with E-state index in [9.17, 15) is 9.59 Å². The number of hydrogen-bond acceptors (Lipinski definition) is 4. The Morgan fingerprint density at radius 1 is 1.20 bits per heavy atom. The van der Waals surface area contributed by atoms with Gasteiger partial charge < -0.3 is 15.0 Å². The summed E-state index contributed by atoms with van der Waals surface area (Å²) < 4.78 is 5.27. The number of nitrogens with one attached hydrogen (secondary N) is 1. The zero-order chi connectivity index (χ0) is 17.6. The average Bonchev–Trinajstić information content (AvgIpc) is 3.15. The van der Waals surface area contributed by atoms with Crippen molar-refractivity contribution in [2.45, 2.75) is 19.3 Å². The van der Waals surface area contributed by atoms with Crippen molar-refractivity contribution in [2.75, 3.05) is 25.5 Å². The first kappa shape index (κ1) is 17.5. The molecule has 0 atom stereocenters. The van der Waals surface area contributed by atoms with E-state index in [0.29, 0.717) is 43.8 Å². The number of likely N-dealkylation sites (tertiary alicyclic amines) is 1.